The second kappa shape index (κ2) is 9.54. The Hall–Kier alpha value is -3.19. The first-order chi connectivity index (χ1) is 14.4. The molecule has 1 heterocycles. The number of carbonyl (C=O) groups excluding carboxylic acids is 1. The van der Waals surface area contributed by atoms with Crippen molar-refractivity contribution in [2.45, 2.75) is 11.4 Å². The van der Waals surface area contributed by atoms with Gasteiger partial charge in [0.25, 0.3) is 5.91 Å². The molecule has 0 fully saturated rings. The molecule has 0 atom stereocenters. The third kappa shape index (κ3) is 5.67. The SMILES string of the molecule is N#C/C(=C/c1ccc(CNS(=O)(=O)c2ccccc2)o1)C(=O)Nc1cccc(Br)c1. The van der Waals surface area contributed by atoms with E-state index in [0.717, 1.165) is 4.47 Å². The molecule has 0 aliphatic rings. The van der Waals surface area contributed by atoms with Crippen molar-refractivity contribution in [1.29, 1.82) is 5.26 Å². The fourth-order valence-electron chi connectivity index (χ4n) is 2.47. The molecule has 3 rings (SSSR count). The van der Waals surface area contributed by atoms with Crippen LogP contribution in [0.4, 0.5) is 5.69 Å². The summed E-state index contributed by atoms with van der Waals surface area (Å²) in [6, 6.07) is 19.9. The molecule has 2 aromatic carbocycles. The van der Waals surface area contributed by atoms with Gasteiger partial charge in [0.15, 0.2) is 0 Å². The molecule has 152 valence electrons. The van der Waals surface area contributed by atoms with Crippen LogP contribution in [0.3, 0.4) is 0 Å². The average Bonchev–Trinajstić information content (AvgIpc) is 3.19. The molecule has 0 bridgehead atoms. The summed E-state index contributed by atoms with van der Waals surface area (Å²) in [6.07, 6.45) is 1.29. The highest BCUT2D eigenvalue weighted by molar-refractivity contribution is 9.10. The summed E-state index contributed by atoms with van der Waals surface area (Å²) in [6.45, 7) is -0.0722. The van der Waals surface area contributed by atoms with E-state index in [1.807, 2.05) is 12.1 Å². The quantitative estimate of drug-likeness (QED) is 0.386. The number of hydrogen-bond acceptors (Lipinski definition) is 5. The van der Waals surface area contributed by atoms with Crippen molar-refractivity contribution in [3.63, 3.8) is 0 Å². The van der Waals surface area contributed by atoms with Crippen molar-refractivity contribution < 1.29 is 17.6 Å². The maximum atomic E-state index is 12.3. The number of furan rings is 1. The third-order valence-corrected chi connectivity index (χ3v) is 5.82. The third-order valence-electron chi connectivity index (χ3n) is 3.91. The zero-order valence-electron chi connectivity index (χ0n) is 15.5. The lowest BCUT2D eigenvalue weighted by Crippen LogP contribution is -2.22. The van der Waals surface area contributed by atoms with Gasteiger partial charge in [-0.2, -0.15) is 5.26 Å². The van der Waals surface area contributed by atoms with Gasteiger partial charge in [-0.1, -0.05) is 40.2 Å². The van der Waals surface area contributed by atoms with E-state index in [1.54, 1.807) is 48.5 Å². The summed E-state index contributed by atoms with van der Waals surface area (Å²) in [4.78, 5) is 12.5. The number of sulfonamides is 1. The molecule has 0 aliphatic carbocycles. The van der Waals surface area contributed by atoms with Crippen LogP contribution in [0.5, 0.6) is 0 Å². The van der Waals surface area contributed by atoms with Crippen LogP contribution in [-0.4, -0.2) is 14.3 Å². The number of anilines is 1. The minimum Gasteiger partial charge on any atom is -0.460 e. The van der Waals surface area contributed by atoms with Gasteiger partial charge in [0.1, 0.15) is 23.2 Å². The zero-order chi connectivity index (χ0) is 21.6. The number of rotatable bonds is 7. The fourth-order valence-corrected chi connectivity index (χ4v) is 3.89. The minimum atomic E-state index is -3.67. The van der Waals surface area contributed by atoms with Gasteiger partial charge in [-0.25, -0.2) is 13.1 Å². The lowest BCUT2D eigenvalue weighted by Gasteiger charge is -2.05. The Kier molecular flexibility index (Phi) is 6.84. The number of nitrogens with one attached hydrogen (secondary N) is 2. The van der Waals surface area contributed by atoms with E-state index < -0.39 is 15.9 Å². The van der Waals surface area contributed by atoms with Gasteiger partial charge in [-0.3, -0.25) is 4.79 Å². The van der Waals surface area contributed by atoms with Crippen molar-refractivity contribution in [2.75, 3.05) is 5.32 Å². The lowest BCUT2D eigenvalue weighted by atomic mass is 10.2. The number of nitriles is 1. The summed E-state index contributed by atoms with van der Waals surface area (Å²) in [7, 11) is -3.67. The van der Waals surface area contributed by atoms with Gasteiger partial charge in [0, 0.05) is 16.2 Å². The molecule has 9 heteroatoms. The Bertz CT molecular complexity index is 1230. The highest BCUT2D eigenvalue weighted by Crippen LogP contribution is 2.18. The van der Waals surface area contributed by atoms with E-state index in [0.29, 0.717) is 11.4 Å². The highest BCUT2D eigenvalue weighted by atomic mass is 79.9. The first-order valence-electron chi connectivity index (χ1n) is 8.69. The number of nitrogens with zero attached hydrogens (tertiary/aromatic N) is 1. The van der Waals surface area contributed by atoms with Crippen LogP contribution in [-0.2, 0) is 21.4 Å². The van der Waals surface area contributed by atoms with Gasteiger partial charge in [0.05, 0.1) is 11.4 Å². The minimum absolute atomic E-state index is 0.0722. The van der Waals surface area contributed by atoms with Crippen molar-refractivity contribution in [3.8, 4) is 6.07 Å². The number of halogens is 1. The van der Waals surface area contributed by atoms with Gasteiger partial charge in [-0.05, 0) is 42.5 Å². The first-order valence-corrected chi connectivity index (χ1v) is 11.0. The van der Waals surface area contributed by atoms with E-state index in [2.05, 4.69) is 26.0 Å². The van der Waals surface area contributed by atoms with Crippen LogP contribution < -0.4 is 10.0 Å². The Morgan fingerprint density at radius 1 is 1.10 bits per heavy atom. The largest absolute Gasteiger partial charge is 0.460 e. The Labute approximate surface area is 182 Å². The molecule has 7 nitrogen and oxygen atoms in total. The van der Waals surface area contributed by atoms with Crippen molar-refractivity contribution >= 4 is 43.6 Å². The predicted molar refractivity (Wildman–Crippen MR) is 116 cm³/mol. The fraction of sp³-hybridized carbons (Fsp3) is 0.0476. The maximum Gasteiger partial charge on any atom is 0.266 e. The monoisotopic (exact) mass is 485 g/mol. The normalized spacial score (nSPS) is 11.7. The van der Waals surface area contributed by atoms with Gasteiger partial charge in [-0.15, -0.1) is 0 Å². The summed E-state index contributed by atoms with van der Waals surface area (Å²) in [5.41, 5.74) is 0.381. The van der Waals surface area contributed by atoms with E-state index in [4.69, 9.17) is 4.42 Å². The smallest absolute Gasteiger partial charge is 0.266 e. The van der Waals surface area contributed by atoms with E-state index in [-0.39, 0.29) is 22.8 Å². The first kappa shape index (κ1) is 21.5. The van der Waals surface area contributed by atoms with E-state index in [1.165, 1.54) is 18.2 Å². The van der Waals surface area contributed by atoms with Crippen molar-refractivity contribution in [2.24, 2.45) is 0 Å². The lowest BCUT2D eigenvalue weighted by molar-refractivity contribution is -0.112. The molecular weight excluding hydrogens is 470 g/mol. The molecule has 30 heavy (non-hydrogen) atoms. The second-order valence-corrected chi connectivity index (χ2v) is 8.76. The molecule has 0 spiro atoms. The number of benzene rings is 2. The average molecular weight is 486 g/mol. The van der Waals surface area contributed by atoms with E-state index in [9.17, 15) is 18.5 Å². The molecule has 0 radical (unpaired) electrons. The summed E-state index contributed by atoms with van der Waals surface area (Å²) in [5, 5.41) is 11.9. The van der Waals surface area contributed by atoms with E-state index >= 15 is 0 Å². The van der Waals surface area contributed by atoms with Gasteiger partial charge < -0.3 is 9.73 Å². The highest BCUT2D eigenvalue weighted by Gasteiger charge is 2.15. The molecule has 0 saturated carbocycles. The summed E-state index contributed by atoms with van der Waals surface area (Å²) < 4.78 is 33.3. The molecular formula is C21H16BrN3O4S. The molecule has 0 aliphatic heterocycles. The number of amides is 1. The second-order valence-electron chi connectivity index (χ2n) is 6.08. The Morgan fingerprint density at radius 3 is 2.57 bits per heavy atom. The van der Waals surface area contributed by atoms with Crippen LogP contribution in [0.1, 0.15) is 11.5 Å². The standard InChI is InChI=1S/C21H16BrN3O4S/c22-16-5-4-6-17(12-16)25-21(26)15(13-23)11-18-9-10-19(29-18)14-24-30(27,28)20-7-2-1-3-8-20/h1-12,24H,14H2,(H,25,26)/b15-11-. The molecule has 3 aromatic rings. The Balaban J connectivity index is 1.67. The van der Waals surface area contributed by atoms with Crippen LogP contribution >= 0.6 is 15.9 Å². The van der Waals surface area contributed by atoms with Crippen molar-refractivity contribution in [3.05, 3.63) is 88.3 Å². The molecule has 0 saturated heterocycles. The van der Waals surface area contributed by atoms with Crippen LogP contribution in [0.2, 0.25) is 0 Å². The topological polar surface area (TPSA) is 112 Å². The maximum absolute atomic E-state index is 12.3. The predicted octanol–water partition coefficient (Wildman–Crippen LogP) is 4.07. The van der Waals surface area contributed by atoms with Gasteiger partial charge in [0.2, 0.25) is 10.0 Å². The van der Waals surface area contributed by atoms with Crippen LogP contribution in [0.15, 0.2) is 86.1 Å². The molecule has 1 amide bonds. The van der Waals surface area contributed by atoms with Gasteiger partial charge >= 0.3 is 0 Å². The number of carbonyl (C=O) groups is 1. The molecule has 1 aromatic heterocycles. The van der Waals surface area contributed by atoms with Crippen LogP contribution in [0.25, 0.3) is 6.08 Å². The van der Waals surface area contributed by atoms with Crippen molar-refractivity contribution in [1.82, 2.24) is 4.72 Å². The summed E-state index contributed by atoms with van der Waals surface area (Å²) >= 11 is 3.31. The Morgan fingerprint density at radius 2 is 1.87 bits per heavy atom. The molecule has 2 N–H and O–H groups in total. The summed E-state index contributed by atoms with van der Waals surface area (Å²) in [5.74, 6) is 0.00799. The number of hydrogen-bond donors (Lipinski definition) is 2. The zero-order valence-corrected chi connectivity index (χ0v) is 17.9. The molecule has 0 unspecified atom stereocenters. The van der Waals surface area contributed by atoms with Crippen LogP contribution in [0, 0.1) is 11.3 Å².